The molecule has 4 nitrogen and oxygen atoms in total. The Morgan fingerprint density at radius 2 is 2.05 bits per heavy atom. The molecule has 0 aliphatic heterocycles. The van der Waals surface area contributed by atoms with Crippen molar-refractivity contribution in [1.82, 2.24) is 4.90 Å². The molecule has 2 N–H and O–H groups in total. The van der Waals surface area contributed by atoms with Gasteiger partial charge in [0.1, 0.15) is 5.75 Å². The molecule has 5 heteroatoms. The molecular formula is C15H22N2O2S. The van der Waals surface area contributed by atoms with Crippen molar-refractivity contribution in [2.24, 2.45) is 11.7 Å². The highest BCUT2D eigenvalue weighted by Crippen LogP contribution is 2.09. The van der Waals surface area contributed by atoms with E-state index in [0.29, 0.717) is 31.1 Å². The Morgan fingerprint density at radius 1 is 1.40 bits per heavy atom. The van der Waals surface area contributed by atoms with Crippen molar-refractivity contribution in [2.45, 2.75) is 20.3 Å². The zero-order chi connectivity index (χ0) is 15.0. The van der Waals surface area contributed by atoms with E-state index >= 15 is 0 Å². The van der Waals surface area contributed by atoms with Gasteiger partial charge >= 0.3 is 0 Å². The number of carbonyl (C=O) groups excluding carboxylic acids is 1. The molecule has 0 fully saturated rings. The van der Waals surface area contributed by atoms with E-state index in [9.17, 15) is 4.79 Å². The van der Waals surface area contributed by atoms with Gasteiger partial charge in [-0.15, -0.1) is 0 Å². The lowest BCUT2D eigenvalue weighted by Crippen LogP contribution is -2.38. The van der Waals surface area contributed by atoms with Crippen molar-refractivity contribution in [3.8, 4) is 5.75 Å². The number of hydrogen-bond acceptors (Lipinski definition) is 3. The number of para-hydroxylation sites is 1. The number of hydrogen-bond donors (Lipinski definition) is 1. The van der Waals surface area contributed by atoms with Crippen LogP contribution in [-0.2, 0) is 4.79 Å². The molecule has 1 amide bonds. The van der Waals surface area contributed by atoms with Crippen LogP contribution >= 0.6 is 12.2 Å². The van der Waals surface area contributed by atoms with E-state index in [-0.39, 0.29) is 11.8 Å². The zero-order valence-electron chi connectivity index (χ0n) is 12.0. The summed E-state index contributed by atoms with van der Waals surface area (Å²) in [5.41, 5.74) is 5.58. The van der Waals surface area contributed by atoms with E-state index in [2.05, 4.69) is 0 Å². The van der Waals surface area contributed by atoms with Crippen molar-refractivity contribution in [2.75, 3.05) is 19.7 Å². The van der Waals surface area contributed by atoms with Crippen molar-refractivity contribution < 1.29 is 9.53 Å². The topological polar surface area (TPSA) is 55.6 Å². The van der Waals surface area contributed by atoms with Gasteiger partial charge in [-0.3, -0.25) is 4.79 Å². The van der Waals surface area contributed by atoms with Crippen LogP contribution in [0.3, 0.4) is 0 Å². The van der Waals surface area contributed by atoms with Crippen LogP contribution in [-0.4, -0.2) is 35.5 Å². The van der Waals surface area contributed by atoms with Crippen LogP contribution in [0.5, 0.6) is 5.75 Å². The highest BCUT2D eigenvalue weighted by Gasteiger charge is 2.16. The van der Waals surface area contributed by atoms with Gasteiger partial charge in [-0.2, -0.15) is 0 Å². The third kappa shape index (κ3) is 5.57. The number of amides is 1. The highest BCUT2D eigenvalue weighted by molar-refractivity contribution is 7.80. The molecule has 0 saturated heterocycles. The molecule has 0 aliphatic carbocycles. The highest BCUT2D eigenvalue weighted by atomic mass is 32.1. The van der Waals surface area contributed by atoms with E-state index < -0.39 is 0 Å². The van der Waals surface area contributed by atoms with Crippen LogP contribution < -0.4 is 10.5 Å². The van der Waals surface area contributed by atoms with Gasteiger partial charge in [-0.05, 0) is 19.1 Å². The molecule has 0 bridgehead atoms. The number of carbonyl (C=O) groups is 1. The quantitative estimate of drug-likeness (QED) is 0.747. The summed E-state index contributed by atoms with van der Waals surface area (Å²) >= 11 is 4.94. The molecule has 20 heavy (non-hydrogen) atoms. The summed E-state index contributed by atoms with van der Waals surface area (Å²) in [6.07, 6.45) is 0.354. The molecule has 1 rings (SSSR count). The third-order valence-corrected chi connectivity index (χ3v) is 3.44. The number of rotatable bonds is 8. The summed E-state index contributed by atoms with van der Waals surface area (Å²) in [6, 6.07) is 9.47. The van der Waals surface area contributed by atoms with Crippen LogP contribution in [0.4, 0.5) is 0 Å². The Kier molecular flexibility index (Phi) is 7.01. The molecular weight excluding hydrogens is 272 g/mol. The van der Waals surface area contributed by atoms with Gasteiger partial charge < -0.3 is 15.4 Å². The van der Waals surface area contributed by atoms with Crippen LogP contribution in [0.15, 0.2) is 30.3 Å². The van der Waals surface area contributed by atoms with Gasteiger partial charge in [0.25, 0.3) is 0 Å². The maximum atomic E-state index is 12.1. The van der Waals surface area contributed by atoms with Crippen LogP contribution in [0.25, 0.3) is 0 Å². The summed E-state index contributed by atoms with van der Waals surface area (Å²) in [5, 5.41) is 0. The number of nitrogens with two attached hydrogens (primary N) is 1. The first-order valence-corrected chi connectivity index (χ1v) is 7.20. The lowest BCUT2D eigenvalue weighted by molar-refractivity contribution is -0.131. The third-order valence-electron chi connectivity index (χ3n) is 3.04. The van der Waals surface area contributed by atoms with Crippen molar-refractivity contribution in [3.05, 3.63) is 30.3 Å². The van der Waals surface area contributed by atoms with E-state index in [0.717, 1.165) is 5.75 Å². The standard InChI is InChI=1S/C15H22N2O2S/c1-3-17(11-12(2)15(16)20)14(18)9-10-19-13-7-5-4-6-8-13/h4-8,12H,3,9-11H2,1-2H3,(H2,16,20). The predicted molar refractivity (Wildman–Crippen MR) is 84.8 cm³/mol. The first-order chi connectivity index (χ1) is 9.54. The molecule has 0 spiro atoms. The summed E-state index contributed by atoms with van der Waals surface area (Å²) < 4.78 is 5.53. The minimum atomic E-state index is 0.0314. The fourth-order valence-corrected chi connectivity index (χ4v) is 1.83. The smallest absolute Gasteiger partial charge is 0.226 e. The minimum Gasteiger partial charge on any atom is -0.493 e. The van der Waals surface area contributed by atoms with Gasteiger partial charge in [0.15, 0.2) is 0 Å². The van der Waals surface area contributed by atoms with Gasteiger partial charge in [0, 0.05) is 19.0 Å². The van der Waals surface area contributed by atoms with Crippen molar-refractivity contribution in [3.63, 3.8) is 0 Å². The maximum Gasteiger partial charge on any atom is 0.226 e. The second-order valence-electron chi connectivity index (χ2n) is 4.65. The van der Waals surface area contributed by atoms with E-state index in [1.54, 1.807) is 4.90 Å². The van der Waals surface area contributed by atoms with Gasteiger partial charge in [0.05, 0.1) is 18.0 Å². The van der Waals surface area contributed by atoms with E-state index in [1.807, 2.05) is 44.2 Å². The summed E-state index contributed by atoms with van der Waals surface area (Å²) in [4.78, 5) is 14.3. The lowest BCUT2D eigenvalue weighted by Gasteiger charge is -2.24. The molecule has 0 aromatic heterocycles. The van der Waals surface area contributed by atoms with E-state index in [1.165, 1.54) is 0 Å². The average molecular weight is 294 g/mol. The number of thiocarbonyl (C=S) groups is 1. The van der Waals surface area contributed by atoms with Crippen LogP contribution in [0.1, 0.15) is 20.3 Å². The fraction of sp³-hybridized carbons (Fsp3) is 0.467. The van der Waals surface area contributed by atoms with Crippen LogP contribution in [0, 0.1) is 5.92 Å². The van der Waals surface area contributed by atoms with E-state index in [4.69, 9.17) is 22.7 Å². The van der Waals surface area contributed by atoms with Gasteiger partial charge in [0.2, 0.25) is 5.91 Å². The Bertz CT molecular complexity index is 437. The van der Waals surface area contributed by atoms with Crippen LogP contribution in [0.2, 0.25) is 0 Å². The Labute approximate surface area is 125 Å². The van der Waals surface area contributed by atoms with Crippen molar-refractivity contribution >= 4 is 23.1 Å². The molecule has 0 aliphatic rings. The monoisotopic (exact) mass is 294 g/mol. The zero-order valence-corrected chi connectivity index (χ0v) is 12.9. The second-order valence-corrected chi connectivity index (χ2v) is 5.12. The minimum absolute atomic E-state index is 0.0314. The Morgan fingerprint density at radius 3 is 2.60 bits per heavy atom. The Balaban J connectivity index is 2.38. The number of benzene rings is 1. The molecule has 1 atom stereocenters. The average Bonchev–Trinajstić information content (AvgIpc) is 2.45. The fourth-order valence-electron chi connectivity index (χ4n) is 1.76. The number of ether oxygens (including phenoxy) is 1. The maximum absolute atomic E-state index is 12.1. The SMILES string of the molecule is CCN(CC(C)C(N)=S)C(=O)CCOc1ccccc1. The summed E-state index contributed by atoms with van der Waals surface area (Å²) in [7, 11) is 0. The molecule has 110 valence electrons. The van der Waals surface area contributed by atoms with Gasteiger partial charge in [-0.1, -0.05) is 37.3 Å². The molecule has 1 aromatic rings. The lowest BCUT2D eigenvalue weighted by atomic mass is 10.1. The molecule has 1 unspecified atom stereocenters. The molecule has 0 radical (unpaired) electrons. The molecule has 0 saturated carbocycles. The second kappa shape index (κ2) is 8.53. The van der Waals surface area contributed by atoms with Crippen molar-refractivity contribution in [1.29, 1.82) is 0 Å². The first kappa shape index (κ1) is 16.4. The Hall–Kier alpha value is -1.62. The molecule has 0 heterocycles. The molecule has 1 aromatic carbocycles. The first-order valence-electron chi connectivity index (χ1n) is 6.79. The summed E-state index contributed by atoms with van der Waals surface area (Å²) in [5.74, 6) is 0.871. The summed E-state index contributed by atoms with van der Waals surface area (Å²) in [6.45, 7) is 5.47. The number of nitrogens with zero attached hydrogens (tertiary/aromatic N) is 1. The van der Waals surface area contributed by atoms with Gasteiger partial charge in [-0.25, -0.2) is 0 Å². The largest absolute Gasteiger partial charge is 0.493 e. The predicted octanol–water partition coefficient (Wildman–Crippen LogP) is 2.23. The normalized spacial score (nSPS) is 11.7.